The smallest absolute Gasteiger partial charge is 0.115 e. The van der Waals surface area contributed by atoms with Crippen LogP contribution in [0.1, 0.15) is 12.5 Å². The molecule has 0 spiro atoms. The summed E-state index contributed by atoms with van der Waals surface area (Å²) in [6, 6.07) is 16.1. The van der Waals surface area contributed by atoms with Crippen LogP contribution in [-0.4, -0.2) is 25.2 Å². The minimum atomic E-state index is 0.313. The molecule has 0 aliphatic carbocycles. The zero-order valence-corrected chi connectivity index (χ0v) is 12.3. The van der Waals surface area contributed by atoms with Gasteiger partial charge in [0.15, 0.2) is 0 Å². The fourth-order valence-corrected chi connectivity index (χ4v) is 2.19. The van der Waals surface area contributed by atoms with Crippen molar-refractivity contribution in [2.24, 2.45) is 0 Å². The number of phenolic OH excluding ortho intramolecular Hbond substituents is 1. The molecule has 3 nitrogen and oxygen atoms in total. The molecular weight excluding hydrogens is 248 g/mol. The summed E-state index contributed by atoms with van der Waals surface area (Å²) >= 11 is 0. The van der Waals surface area contributed by atoms with Gasteiger partial charge in [0.05, 0.1) is 0 Å². The van der Waals surface area contributed by atoms with Crippen molar-refractivity contribution in [3.8, 4) is 5.75 Å². The van der Waals surface area contributed by atoms with Crippen LogP contribution in [0.5, 0.6) is 5.75 Å². The molecule has 2 aromatic rings. The van der Waals surface area contributed by atoms with Crippen molar-refractivity contribution in [1.29, 1.82) is 0 Å². The maximum Gasteiger partial charge on any atom is 0.115 e. The van der Waals surface area contributed by atoms with Gasteiger partial charge in [-0.3, -0.25) is 0 Å². The number of benzene rings is 2. The Morgan fingerprint density at radius 3 is 2.45 bits per heavy atom. The second-order valence-corrected chi connectivity index (χ2v) is 5.36. The molecule has 2 aromatic carbocycles. The highest BCUT2D eigenvalue weighted by Gasteiger charge is 2.05. The van der Waals surface area contributed by atoms with E-state index in [2.05, 4.69) is 41.4 Å². The standard InChI is InChI=1S/C17H22N2O/c1-13(11-14-7-9-17(20)10-8-14)18-15-5-4-6-16(12-15)19(2)3/h4-10,12-13,18,20H,11H2,1-3H3. The summed E-state index contributed by atoms with van der Waals surface area (Å²) < 4.78 is 0. The van der Waals surface area contributed by atoms with Gasteiger partial charge in [-0.05, 0) is 49.2 Å². The lowest BCUT2D eigenvalue weighted by Gasteiger charge is -2.18. The molecule has 2 N–H and O–H groups in total. The highest BCUT2D eigenvalue weighted by atomic mass is 16.3. The fraction of sp³-hybridized carbons (Fsp3) is 0.294. The normalized spacial score (nSPS) is 11.9. The van der Waals surface area contributed by atoms with E-state index in [1.54, 1.807) is 12.1 Å². The molecule has 0 radical (unpaired) electrons. The van der Waals surface area contributed by atoms with Gasteiger partial charge in [0, 0.05) is 31.5 Å². The van der Waals surface area contributed by atoms with Crippen molar-refractivity contribution < 1.29 is 5.11 Å². The van der Waals surface area contributed by atoms with Crippen molar-refractivity contribution in [2.45, 2.75) is 19.4 Å². The minimum absolute atomic E-state index is 0.313. The van der Waals surface area contributed by atoms with Gasteiger partial charge >= 0.3 is 0 Å². The molecule has 0 aromatic heterocycles. The highest BCUT2D eigenvalue weighted by Crippen LogP contribution is 2.19. The van der Waals surface area contributed by atoms with Gasteiger partial charge in [-0.2, -0.15) is 0 Å². The third-order valence-corrected chi connectivity index (χ3v) is 3.25. The molecule has 0 aliphatic heterocycles. The van der Waals surface area contributed by atoms with Crippen molar-refractivity contribution >= 4 is 11.4 Å². The topological polar surface area (TPSA) is 35.5 Å². The first-order valence-electron chi connectivity index (χ1n) is 6.86. The molecule has 1 unspecified atom stereocenters. The van der Waals surface area contributed by atoms with Crippen LogP contribution in [0.15, 0.2) is 48.5 Å². The summed E-state index contributed by atoms with van der Waals surface area (Å²) in [4.78, 5) is 2.09. The predicted molar refractivity (Wildman–Crippen MR) is 85.7 cm³/mol. The van der Waals surface area contributed by atoms with Crippen molar-refractivity contribution in [3.05, 3.63) is 54.1 Å². The zero-order valence-electron chi connectivity index (χ0n) is 12.3. The molecule has 0 saturated carbocycles. The van der Waals surface area contributed by atoms with Crippen LogP contribution < -0.4 is 10.2 Å². The van der Waals surface area contributed by atoms with Crippen LogP contribution in [0.2, 0.25) is 0 Å². The number of rotatable bonds is 5. The van der Waals surface area contributed by atoms with E-state index in [0.717, 1.165) is 12.1 Å². The number of hydrogen-bond donors (Lipinski definition) is 2. The summed E-state index contributed by atoms with van der Waals surface area (Å²) in [6.45, 7) is 2.16. The maximum absolute atomic E-state index is 9.29. The Kier molecular flexibility index (Phi) is 4.51. The molecule has 2 rings (SSSR count). The van der Waals surface area contributed by atoms with E-state index < -0.39 is 0 Å². The lowest BCUT2D eigenvalue weighted by molar-refractivity contribution is 0.475. The largest absolute Gasteiger partial charge is 0.508 e. The van der Waals surface area contributed by atoms with E-state index in [0.29, 0.717) is 11.8 Å². The minimum Gasteiger partial charge on any atom is -0.508 e. The summed E-state index contributed by atoms with van der Waals surface area (Å²) in [5.41, 5.74) is 3.53. The molecule has 0 saturated heterocycles. The van der Waals surface area contributed by atoms with Gasteiger partial charge in [0.1, 0.15) is 5.75 Å². The van der Waals surface area contributed by atoms with Gasteiger partial charge in [-0.15, -0.1) is 0 Å². The van der Waals surface area contributed by atoms with Crippen LogP contribution in [0.4, 0.5) is 11.4 Å². The number of nitrogens with zero attached hydrogens (tertiary/aromatic N) is 1. The van der Waals surface area contributed by atoms with Crippen LogP contribution >= 0.6 is 0 Å². The number of hydrogen-bond acceptors (Lipinski definition) is 3. The van der Waals surface area contributed by atoms with E-state index in [1.807, 2.05) is 26.2 Å². The molecule has 0 bridgehead atoms. The van der Waals surface area contributed by atoms with E-state index >= 15 is 0 Å². The van der Waals surface area contributed by atoms with E-state index in [4.69, 9.17) is 0 Å². The Labute approximate surface area is 120 Å². The lowest BCUT2D eigenvalue weighted by atomic mass is 10.1. The van der Waals surface area contributed by atoms with E-state index in [1.165, 1.54) is 11.3 Å². The molecule has 106 valence electrons. The molecule has 3 heteroatoms. The van der Waals surface area contributed by atoms with Crippen LogP contribution in [0, 0.1) is 0 Å². The fourth-order valence-electron chi connectivity index (χ4n) is 2.19. The number of phenols is 1. The molecule has 0 amide bonds. The van der Waals surface area contributed by atoms with Gasteiger partial charge in [-0.1, -0.05) is 18.2 Å². The average Bonchev–Trinajstić information content (AvgIpc) is 2.41. The third kappa shape index (κ3) is 3.92. The Bertz CT molecular complexity index is 549. The number of nitrogens with one attached hydrogen (secondary N) is 1. The SMILES string of the molecule is CC(Cc1ccc(O)cc1)Nc1cccc(N(C)C)c1. The van der Waals surface area contributed by atoms with Crippen molar-refractivity contribution in [1.82, 2.24) is 0 Å². The number of aromatic hydroxyl groups is 1. The Morgan fingerprint density at radius 2 is 1.80 bits per heavy atom. The van der Waals surface area contributed by atoms with Gasteiger partial charge in [0.25, 0.3) is 0 Å². The average molecular weight is 270 g/mol. The second kappa shape index (κ2) is 6.33. The van der Waals surface area contributed by atoms with Gasteiger partial charge in [-0.25, -0.2) is 0 Å². The Balaban J connectivity index is 1.99. The number of anilines is 2. The Hall–Kier alpha value is -2.16. The summed E-state index contributed by atoms with van der Waals surface area (Å²) in [5.74, 6) is 0.313. The Morgan fingerprint density at radius 1 is 1.10 bits per heavy atom. The molecule has 1 atom stereocenters. The van der Waals surface area contributed by atoms with E-state index in [-0.39, 0.29) is 0 Å². The summed E-state index contributed by atoms with van der Waals surface area (Å²) in [5, 5.41) is 12.8. The van der Waals surface area contributed by atoms with Crippen LogP contribution in [-0.2, 0) is 6.42 Å². The monoisotopic (exact) mass is 270 g/mol. The van der Waals surface area contributed by atoms with Crippen LogP contribution in [0.3, 0.4) is 0 Å². The lowest BCUT2D eigenvalue weighted by Crippen LogP contribution is -2.18. The quantitative estimate of drug-likeness (QED) is 0.873. The molecule has 0 fully saturated rings. The van der Waals surface area contributed by atoms with Gasteiger partial charge < -0.3 is 15.3 Å². The van der Waals surface area contributed by atoms with Crippen LogP contribution in [0.25, 0.3) is 0 Å². The highest BCUT2D eigenvalue weighted by molar-refractivity contribution is 5.57. The molecule has 20 heavy (non-hydrogen) atoms. The predicted octanol–water partition coefficient (Wildman–Crippen LogP) is 3.50. The first-order valence-corrected chi connectivity index (χ1v) is 6.86. The summed E-state index contributed by atoms with van der Waals surface area (Å²) in [6.07, 6.45) is 0.923. The maximum atomic E-state index is 9.29. The van der Waals surface area contributed by atoms with Crippen molar-refractivity contribution in [3.63, 3.8) is 0 Å². The van der Waals surface area contributed by atoms with E-state index in [9.17, 15) is 5.11 Å². The first-order chi connectivity index (χ1) is 9.54. The second-order valence-electron chi connectivity index (χ2n) is 5.36. The van der Waals surface area contributed by atoms with Gasteiger partial charge in [0.2, 0.25) is 0 Å². The zero-order chi connectivity index (χ0) is 14.5. The molecular formula is C17H22N2O. The third-order valence-electron chi connectivity index (χ3n) is 3.25. The molecule has 0 aliphatic rings. The first kappa shape index (κ1) is 14.3. The molecule has 0 heterocycles. The van der Waals surface area contributed by atoms with Crippen molar-refractivity contribution in [2.75, 3.05) is 24.3 Å². The summed E-state index contributed by atoms with van der Waals surface area (Å²) in [7, 11) is 4.08.